The first-order chi connectivity index (χ1) is 10.6. The Morgan fingerprint density at radius 2 is 1.45 bits per heavy atom. The van der Waals surface area contributed by atoms with E-state index in [2.05, 4.69) is 12.1 Å². The minimum atomic E-state index is -0.703. The van der Waals surface area contributed by atoms with Crippen LogP contribution in [0.3, 0.4) is 0 Å². The van der Waals surface area contributed by atoms with Gasteiger partial charge in [-0.3, -0.25) is 0 Å². The molecular formula is C19H25NO2. The average Bonchev–Trinajstić information content (AvgIpc) is 2.59. The maximum Gasteiger partial charge on any atom is 0.0965 e. The van der Waals surface area contributed by atoms with Crippen LogP contribution in [0, 0.1) is 0 Å². The van der Waals surface area contributed by atoms with E-state index in [9.17, 15) is 10.3 Å². The van der Waals surface area contributed by atoms with Gasteiger partial charge in [0, 0.05) is 6.04 Å². The maximum absolute atomic E-state index is 10.4. The molecule has 0 saturated heterocycles. The SMILES string of the molecule is CC(CCc1ccccc1)N(O)[C@H](C)[C@@H](O)c1ccccc1. The first kappa shape index (κ1) is 16.7. The zero-order valence-corrected chi connectivity index (χ0v) is 13.3. The number of benzene rings is 2. The third kappa shape index (κ3) is 4.41. The number of hydroxylamine groups is 2. The molecule has 3 atom stereocenters. The van der Waals surface area contributed by atoms with Crippen LogP contribution in [-0.2, 0) is 6.42 Å². The summed E-state index contributed by atoms with van der Waals surface area (Å²) in [5.74, 6) is 0. The van der Waals surface area contributed by atoms with Crippen molar-refractivity contribution in [3.8, 4) is 0 Å². The van der Waals surface area contributed by atoms with Crippen LogP contribution in [0.1, 0.15) is 37.5 Å². The first-order valence-corrected chi connectivity index (χ1v) is 7.83. The molecule has 2 N–H and O–H groups in total. The molecule has 0 bridgehead atoms. The standard InChI is InChI=1S/C19H25NO2/c1-15(13-14-17-9-5-3-6-10-17)20(22)16(2)19(21)18-11-7-4-8-12-18/h3-12,15-16,19,21-22H,13-14H2,1-2H3/t15?,16-,19-/m1/s1. The lowest BCUT2D eigenvalue weighted by Crippen LogP contribution is -2.41. The fraction of sp³-hybridized carbons (Fsp3) is 0.368. The van der Waals surface area contributed by atoms with Crippen molar-refractivity contribution in [2.75, 3.05) is 0 Å². The van der Waals surface area contributed by atoms with Crippen molar-refractivity contribution < 1.29 is 10.3 Å². The van der Waals surface area contributed by atoms with Gasteiger partial charge in [0.15, 0.2) is 0 Å². The Morgan fingerprint density at radius 3 is 2.05 bits per heavy atom. The third-order valence-electron chi connectivity index (χ3n) is 4.16. The fourth-order valence-corrected chi connectivity index (χ4v) is 2.63. The lowest BCUT2D eigenvalue weighted by molar-refractivity contribution is -0.177. The zero-order valence-electron chi connectivity index (χ0n) is 13.3. The minimum Gasteiger partial charge on any atom is -0.387 e. The highest BCUT2D eigenvalue weighted by Crippen LogP contribution is 2.22. The highest BCUT2D eigenvalue weighted by Gasteiger charge is 2.25. The Balaban J connectivity index is 1.90. The molecule has 1 unspecified atom stereocenters. The van der Waals surface area contributed by atoms with Crippen LogP contribution in [-0.4, -0.2) is 27.5 Å². The van der Waals surface area contributed by atoms with Crippen molar-refractivity contribution in [3.63, 3.8) is 0 Å². The molecule has 22 heavy (non-hydrogen) atoms. The summed E-state index contributed by atoms with van der Waals surface area (Å²) in [7, 11) is 0. The van der Waals surface area contributed by atoms with Crippen LogP contribution in [0.5, 0.6) is 0 Å². The molecule has 3 heteroatoms. The maximum atomic E-state index is 10.4. The summed E-state index contributed by atoms with van der Waals surface area (Å²) in [6.45, 7) is 3.83. The molecule has 0 spiro atoms. The number of aliphatic hydroxyl groups excluding tert-OH is 1. The summed E-state index contributed by atoms with van der Waals surface area (Å²) in [6, 6.07) is 19.3. The van der Waals surface area contributed by atoms with Crippen molar-refractivity contribution >= 4 is 0 Å². The summed E-state index contributed by atoms with van der Waals surface area (Å²) >= 11 is 0. The second kappa shape index (κ2) is 8.08. The van der Waals surface area contributed by atoms with Crippen LogP contribution in [0.25, 0.3) is 0 Å². The molecule has 2 aromatic rings. The van der Waals surface area contributed by atoms with E-state index >= 15 is 0 Å². The van der Waals surface area contributed by atoms with Gasteiger partial charge in [-0.15, -0.1) is 0 Å². The summed E-state index contributed by atoms with van der Waals surface area (Å²) in [6.07, 6.45) is 1.05. The second-order valence-corrected chi connectivity index (χ2v) is 5.85. The van der Waals surface area contributed by atoms with Gasteiger partial charge in [0.1, 0.15) is 0 Å². The Kier molecular flexibility index (Phi) is 6.13. The van der Waals surface area contributed by atoms with Crippen LogP contribution < -0.4 is 0 Å². The smallest absolute Gasteiger partial charge is 0.0965 e. The molecule has 0 aliphatic rings. The second-order valence-electron chi connectivity index (χ2n) is 5.85. The zero-order chi connectivity index (χ0) is 15.9. The summed E-state index contributed by atoms with van der Waals surface area (Å²) in [4.78, 5) is 0. The van der Waals surface area contributed by atoms with Crippen molar-refractivity contribution in [1.29, 1.82) is 0 Å². The van der Waals surface area contributed by atoms with E-state index in [-0.39, 0.29) is 12.1 Å². The predicted molar refractivity (Wildman–Crippen MR) is 88.7 cm³/mol. The van der Waals surface area contributed by atoms with E-state index < -0.39 is 6.10 Å². The Morgan fingerprint density at radius 1 is 0.909 bits per heavy atom. The van der Waals surface area contributed by atoms with Crippen LogP contribution in [0.15, 0.2) is 60.7 Å². The van der Waals surface area contributed by atoms with Crippen LogP contribution >= 0.6 is 0 Å². The van der Waals surface area contributed by atoms with E-state index in [0.29, 0.717) is 0 Å². The Labute approximate surface area is 132 Å². The van der Waals surface area contributed by atoms with Gasteiger partial charge in [0.25, 0.3) is 0 Å². The summed E-state index contributed by atoms with van der Waals surface area (Å²) in [5, 5.41) is 22.0. The van der Waals surface area contributed by atoms with Crippen molar-refractivity contribution in [2.45, 2.75) is 44.9 Å². The molecule has 118 valence electrons. The highest BCUT2D eigenvalue weighted by atomic mass is 16.5. The van der Waals surface area contributed by atoms with E-state index in [1.807, 2.05) is 62.4 Å². The average molecular weight is 299 g/mol. The number of rotatable bonds is 7. The molecule has 0 aliphatic heterocycles. The topological polar surface area (TPSA) is 43.7 Å². The lowest BCUT2D eigenvalue weighted by Gasteiger charge is -2.32. The minimum absolute atomic E-state index is 0.0198. The predicted octanol–water partition coefficient (Wildman–Crippen LogP) is 3.82. The monoisotopic (exact) mass is 299 g/mol. The first-order valence-electron chi connectivity index (χ1n) is 7.83. The van der Waals surface area contributed by atoms with E-state index in [1.165, 1.54) is 10.6 Å². The van der Waals surface area contributed by atoms with Gasteiger partial charge >= 0.3 is 0 Å². The van der Waals surface area contributed by atoms with Gasteiger partial charge < -0.3 is 10.3 Å². The van der Waals surface area contributed by atoms with E-state index in [4.69, 9.17) is 0 Å². The molecule has 0 fully saturated rings. The van der Waals surface area contributed by atoms with Gasteiger partial charge in [0.2, 0.25) is 0 Å². The molecule has 0 heterocycles. The highest BCUT2D eigenvalue weighted by molar-refractivity contribution is 5.18. The Hall–Kier alpha value is -1.68. The largest absolute Gasteiger partial charge is 0.387 e. The molecular weight excluding hydrogens is 274 g/mol. The van der Waals surface area contributed by atoms with Gasteiger partial charge in [-0.2, -0.15) is 5.06 Å². The fourth-order valence-electron chi connectivity index (χ4n) is 2.63. The molecule has 0 aromatic heterocycles. The molecule has 0 amide bonds. The van der Waals surface area contributed by atoms with Crippen molar-refractivity contribution in [2.24, 2.45) is 0 Å². The van der Waals surface area contributed by atoms with Crippen LogP contribution in [0.4, 0.5) is 0 Å². The number of hydrogen-bond acceptors (Lipinski definition) is 3. The van der Waals surface area contributed by atoms with Crippen molar-refractivity contribution in [1.82, 2.24) is 5.06 Å². The van der Waals surface area contributed by atoms with Crippen molar-refractivity contribution in [3.05, 3.63) is 71.8 Å². The van der Waals surface area contributed by atoms with E-state index in [1.54, 1.807) is 0 Å². The van der Waals surface area contributed by atoms with Gasteiger partial charge in [-0.25, -0.2) is 0 Å². The quantitative estimate of drug-likeness (QED) is 0.764. The molecule has 0 saturated carbocycles. The molecule has 0 aliphatic carbocycles. The number of aliphatic hydroxyl groups is 1. The lowest BCUT2D eigenvalue weighted by atomic mass is 10.0. The summed E-state index contributed by atoms with van der Waals surface area (Å²) in [5.41, 5.74) is 2.09. The van der Waals surface area contributed by atoms with E-state index in [0.717, 1.165) is 18.4 Å². The number of aryl methyl sites for hydroxylation is 1. The normalized spacial score (nSPS) is 15.5. The van der Waals surface area contributed by atoms with Crippen LogP contribution in [0.2, 0.25) is 0 Å². The van der Waals surface area contributed by atoms with Gasteiger partial charge in [-0.1, -0.05) is 60.7 Å². The van der Waals surface area contributed by atoms with Gasteiger partial charge in [0.05, 0.1) is 12.1 Å². The number of hydrogen-bond donors (Lipinski definition) is 2. The molecule has 0 radical (unpaired) electrons. The molecule has 3 nitrogen and oxygen atoms in total. The van der Waals surface area contributed by atoms with Gasteiger partial charge in [-0.05, 0) is 37.8 Å². The molecule has 2 rings (SSSR count). The molecule has 2 aromatic carbocycles. The Bertz CT molecular complexity index is 544. The summed E-state index contributed by atoms with van der Waals surface area (Å²) < 4.78 is 0. The number of nitrogens with zero attached hydrogens (tertiary/aromatic N) is 1. The third-order valence-corrected chi connectivity index (χ3v) is 4.16.